The number of nitrogens with one attached hydrogen (secondary N) is 1. The second-order valence-electron chi connectivity index (χ2n) is 7.29. The number of Topliss-reactive ketones (excluding diaryl/α,β-unsaturated/α-hetero) is 1. The highest BCUT2D eigenvalue weighted by Crippen LogP contribution is 2.37. The van der Waals surface area contributed by atoms with Crippen molar-refractivity contribution in [2.24, 2.45) is 0 Å². The number of carbonyl (C=O) groups is 1. The average molecular weight is 379 g/mol. The Morgan fingerprint density at radius 2 is 1.96 bits per heavy atom. The number of ketones is 1. The van der Waals surface area contributed by atoms with Gasteiger partial charge in [-0.3, -0.25) is 4.79 Å². The molecule has 0 unspecified atom stereocenters. The number of rotatable bonds is 5. The molecule has 0 atom stereocenters. The van der Waals surface area contributed by atoms with E-state index in [1.807, 2.05) is 42.5 Å². The van der Waals surface area contributed by atoms with Crippen LogP contribution in [0.3, 0.4) is 0 Å². The smallest absolute Gasteiger partial charge is 0.134 e. The van der Waals surface area contributed by atoms with Crippen LogP contribution in [0.15, 0.2) is 71.6 Å². The van der Waals surface area contributed by atoms with Crippen LogP contribution in [0.2, 0.25) is 5.02 Å². The second kappa shape index (κ2) is 7.61. The number of allylic oxidation sites excluding steroid dienone is 1. The van der Waals surface area contributed by atoms with Crippen molar-refractivity contribution in [1.82, 2.24) is 0 Å². The zero-order valence-electron chi connectivity index (χ0n) is 15.5. The molecule has 1 N–H and O–H groups in total. The van der Waals surface area contributed by atoms with Crippen molar-refractivity contribution in [2.45, 2.75) is 32.6 Å². The topological polar surface area (TPSA) is 32.3 Å². The van der Waals surface area contributed by atoms with Gasteiger partial charge >= 0.3 is 0 Å². The number of hydrogen-bond donors (Lipinski definition) is 1. The van der Waals surface area contributed by atoms with Gasteiger partial charge in [-0.05, 0) is 73.2 Å². The lowest BCUT2D eigenvalue weighted by Gasteiger charge is -2.29. The Morgan fingerprint density at radius 3 is 2.70 bits per heavy atom. The lowest BCUT2D eigenvalue weighted by atomic mass is 10.0. The zero-order valence-corrected chi connectivity index (χ0v) is 16.2. The number of anilines is 2. The minimum absolute atomic E-state index is 0.184. The summed E-state index contributed by atoms with van der Waals surface area (Å²) in [5.74, 6) is 0.184. The maximum absolute atomic E-state index is 11.3. The minimum atomic E-state index is 0.184. The van der Waals surface area contributed by atoms with Gasteiger partial charge in [0.25, 0.3) is 0 Å². The van der Waals surface area contributed by atoms with E-state index in [0.29, 0.717) is 6.42 Å². The highest BCUT2D eigenvalue weighted by Gasteiger charge is 2.25. The Labute approximate surface area is 165 Å². The molecule has 2 aliphatic rings. The van der Waals surface area contributed by atoms with Crippen molar-refractivity contribution >= 4 is 28.8 Å². The fourth-order valence-corrected chi connectivity index (χ4v) is 4.05. The molecule has 0 aromatic heterocycles. The number of hydrogen-bond acceptors (Lipinski definition) is 3. The summed E-state index contributed by atoms with van der Waals surface area (Å²) in [7, 11) is 0. The molecule has 3 nitrogen and oxygen atoms in total. The van der Waals surface area contributed by atoms with Gasteiger partial charge in [-0.1, -0.05) is 29.8 Å². The van der Waals surface area contributed by atoms with E-state index in [2.05, 4.69) is 22.5 Å². The molecule has 27 heavy (non-hydrogen) atoms. The summed E-state index contributed by atoms with van der Waals surface area (Å²) in [6, 6.07) is 16.1. The second-order valence-corrected chi connectivity index (χ2v) is 7.72. The number of carbonyl (C=O) groups excluding carboxylic acids is 1. The molecule has 0 saturated carbocycles. The summed E-state index contributed by atoms with van der Waals surface area (Å²) in [6.45, 7) is 2.55. The van der Waals surface area contributed by atoms with Gasteiger partial charge in [0.2, 0.25) is 0 Å². The van der Waals surface area contributed by atoms with Crippen LogP contribution in [-0.2, 0) is 11.2 Å². The fourth-order valence-electron chi connectivity index (χ4n) is 3.87. The molecular weight excluding hydrogens is 356 g/mol. The van der Waals surface area contributed by atoms with Crippen LogP contribution < -0.4 is 10.2 Å². The Morgan fingerprint density at radius 1 is 1.15 bits per heavy atom. The summed E-state index contributed by atoms with van der Waals surface area (Å²) >= 11 is 6.19. The van der Waals surface area contributed by atoms with Gasteiger partial charge in [-0.25, -0.2) is 0 Å². The van der Waals surface area contributed by atoms with Gasteiger partial charge in [0, 0.05) is 35.6 Å². The first-order chi connectivity index (χ1) is 13.1. The van der Waals surface area contributed by atoms with Crippen LogP contribution in [0, 0.1) is 0 Å². The van der Waals surface area contributed by atoms with Crippen molar-refractivity contribution in [3.8, 4) is 0 Å². The van der Waals surface area contributed by atoms with E-state index >= 15 is 0 Å². The van der Waals surface area contributed by atoms with Gasteiger partial charge in [0.15, 0.2) is 0 Å². The molecule has 0 fully saturated rings. The SMILES string of the molecule is CC(=O)Cc1ccc(NC2=CN(c3cccc(Cl)c3)CC3=C2CCC3)cc1. The van der Waals surface area contributed by atoms with Gasteiger partial charge in [0.1, 0.15) is 5.78 Å². The largest absolute Gasteiger partial charge is 0.354 e. The van der Waals surface area contributed by atoms with Crippen LogP contribution >= 0.6 is 11.6 Å². The molecule has 1 heterocycles. The molecule has 1 aliphatic heterocycles. The van der Waals surface area contributed by atoms with Gasteiger partial charge in [-0.15, -0.1) is 0 Å². The Balaban J connectivity index is 1.59. The first-order valence-electron chi connectivity index (χ1n) is 9.39. The lowest BCUT2D eigenvalue weighted by Crippen LogP contribution is -2.25. The third-order valence-corrected chi connectivity index (χ3v) is 5.36. The normalized spacial score (nSPS) is 16.2. The Hall–Kier alpha value is -2.52. The van der Waals surface area contributed by atoms with E-state index in [4.69, 9.17) is 11.6 Å². The summed E-state index contributed by atoms with van der Waals surface area (Å²) in [4.78, 5) is 13.6. The Bertz CT molecular complexity index is 928. The molecule has 138 valence electrons. The van der Waals surface area contributed by atoms with E-state index in [1.165, 1.54) is 17.6 Å². The average Bonchev–Trinajstić information content (AvgIpc) is 3.12. The van der Waals surface area contributed by atoms with Crippen LogP contribution in [0.4, 0.5) is 11.4 Å². The molecule has 4 heteroatoms. The predicted octanol–water partition coefficient (Wildman–Crippen LogP) is 5.73. The van der Waals surface area contributed by atoms with Gasteiger partial charge in [-0.2, -0.15) is 0 Å². The maximum Gasteiger partial charge on any atom is 0.134 e. The van der Waals surface area contributed by atoms with E-state index in [-0.39, 0.29) is 5.78 Å². The monoisotopic (exact) mass is 378 g/mol. The molecule has 2 aromatic rings. The summed E-state index contributed by atoms with van der Waals surface area (Å²) in [6.07, 6.45) is 6.17. The van der Waals surface area contributed by atoms with Crippen molar-refractivity contribution in [1.29, 1.82) is 0 Å². The van der Waals surface area contributed by atoms with E-state index < -0.39 is 0 Å². The van der Waals surface area contributed by atoms with Crippen molar-refractivity contribution in [3.63, 3.8) is 0 Å². The zero-order chi connectivity index (χ0) is 18.8. The van der Waals surface area contributed by atoms with E-state index in [0.717, 1.165) is 47.0 Å². The van der Waals surface area contributed by atoms with Crippen molar-refractivity contribution < 1.29 is 4.79 Å². The molecule has 0 spiro atoms. The first kappa shape index (κ1) is 17.9. The molecule has 0 bridgehead atoms. The van der Waals surface area contributed by atoms with Crippen LogP contribution in [0.1, 0.15) is 31.7 Å². The highest BCUT2D eigenvalue weighted by atomic mass is 35.5. The molecule has 4 rings (SSSR count). The quantitative estimate of drug-likeness (QED) is 0.721. The fraction of sp³-hybridized carbons (Fsp3) is 0.261. The predicted molar refractivity (Wildman–Crippen MR) is 112 cm³/mol. The van der Waals surface area contributed by atoms with Crippen LogP contribution in [-0.4, -0.2) is 12.3 Å². The van der Waals surface area contributed by atoms with Crippen LogP contribution in [0.5, 0.6) is 0 Å². The Kier molecular flexibility index (Phi) is 5.04. The summed E-state index contributed by atoms with van der Waals surface area (Å²) in [5, 5.41) is 4.34. The molecule has 1 aliphatic carbocycles. The van der Waals surface area contributed by atoms with Crippen molar-refractivity contribution in [3.05, 3.63) is 82.2 Å². The standard InChI is InChI=1S/C23H23ClN2O/c1-16(27)12-17-8-10-20(11-9-17)25-23-15-26(14-18-4-2-7-22(18)23)21-6-3-5-19(24)13-21/h3,5-6,8-11,13,15,25H,2,4,7,12,14H2,1H3. The number of benzene rings is 2. The minimum Gasteiger partial charge on any atom is -0.354 e. The first-order valence-corrected chi connectivity index (χ1v) is 9.77. The van der Waals surface area contributed by atoms with Gasteiger partial charge in [0.05, 0.1) is 5.70 Å². The van der Waals surface area contributed by atoms with Crippen LogP contribution in [0.25, 0.3) is 0 Å². The van der Waals surface area contributed by atoms with Gasteiger partial charge < -0.3 is 10.2 Å². The third-order valence-electron chi connectivity index (χ3n) is 5.13. The number of nitrogens with zero attached hydrogens (tertiary/aromatic N) is 1. The van der Waals surface area contributed by atoms with E-state index in [1.54, 1.807) is 6.92 Å². The maximum atomic E-state index is 11.3. The summed E-state index contributed by atoms with van der Waals surface area (Å²) < 4.78 is 0. The molecule has 0 amide bonds. The molecule has 0 saturated heterocycles. The van der Waals surface area contributed by atoms with Crippen molar-refractivity contribution in [2.75, 3.05) is 16.8 Å². The highest BCUT2D eigenvalue weighted by molar-refractivity contribution is 6.30. The number of halogens is 1. The molecule has 2 aromatic carbocycles. The summed E-state index contributed by atoms with van der Waals surface area (Å²) in [5.41, 5.74) is 7.31. The molecule has 0 radical (unpaired) electrons. The lowest BCUT2D eigenvalue weighted by molar-refractivity contribution is -0.116. The van der Waals surface area contributed by atoms with E-state index in [9.17, 15) is 4.79 Å². The third kappa shape index (κ3) is 4.09. The molecular formula is C23H23ClN2O.